The Bertz CT molecular complexity index is 955. The summed E-state index contributed by atoms with van der Waals surface area (Å²) in [4.78, 5) is 0.823. The van der Waals surface area contributed by atoms with Crippen LogP contribution in [0.5, 0.6) is 5.75 Å². The molecule has 0 saturated carbocycles. The number of nitrogens with zero attached hydrogens (tertiary/aromatic N) is 1. The minimum Gasteiger partial charge on any atom is -0.497 e. The van der Waals surface area contributed by atoms with Crippen LogP contribution < -0.4 is 4.74 Å². The topological polar surface area (TPSA) is 50.1 Å². The van der Waals surface area contributed by atoms with Gasteiger partial charge in [-0.1, -0.05) is 29.8 Å². The van der Waals surface area contributed by atoms with Crippen molar-refractivity contribution >= 4 is 16.4 Å². The number of methoxy groups -OCH3 is 1. The van der Waals surface area contributed by atoms with Crippen molar-refractivity contribution in [2.24, 2.45) is 11.8 Å². The molecule has 0 saturated heterocycles. The zero-order chi connectivity index (χ0) is 19.0. The fourth-order valence-electron chi connectivity index (χ4n) is 4.38. The largest absolute Gasteiger partial charge is 0.497 e. The molecule has 2 aromatic rings. The minimum absolute atomic E-state index is 0.147. The first kappa shape index (κ1) is 18.0. The smallest absolute Gasteiger partial charge is 0.119 e. The van der Waals surface area contributed by atoms with Crippen LogP contribution in [0.2, 0.25) is 0 Å². The molecule has 2 aromatic carbocycles. The molecule has 1 unspecified atom stereocenters. The van der Waals surface area contributed by atoms with E-state index < -0.39 is 10.8 Å². The molecule has 2 aliphatic rings. The SMILES string of the molecule is COc1ccc2c(c1)CC[C@@H]1C2=CC[C@H](S(=O)c2ccc(C)cc2)[C@@H]1C#N. The van der Waals surface area contributed by atoms with Crippen LogP contribution in [0.4, 0.5) is 0 Å². The van der Waals surface area contributed by atoms with Gasteiger partial charge < -0.3 is 4.74 Å². The van der Waals surface area contributed by atoms with Gasteiger partial charge >= 0.3 is 0 Å². The van der Waals surface area contributed by atoms with Crippen LogP contribution in [0.25, 0.3) is 5.57 Å². The van der Waals surface area contributed by atoms with E-state index in [1.807, 2.05) is 37.3 Å². The van der Waals surface area contributed by atoms with E-state index in [2.05, 4.69) is 24.3 Å². The number of nitriles is 1. The number of allylic oxidation sites excluding steroid dienone is 2. The van der Waals surface area contributed by atoms with Gasteiger partial charge in [-0.05, 0) is 67.2 Å². The second-order valence-corrected chi connectivity index (χ2v) is 9.04. The second-order valence-electron chi connectivity index (χ2n) is 7.37. The fraction of sp³-hybridized carbons (Fsp3) is 0.348. The normalized spacial score (nSPS) is 24.8. The molecule has 138 valence electrons. The molecule has 0 spiro atoms. The number of hydrogen-bond acceptors (Lipinski definition) is 3. The summed E-state index contributed by atoms with van der Waals surface area (Å²) in [6.45, 7) is 2.02. The van der Waals surface area contributed by atoms with Crippen molar-refractivity contribution in [1.82, 2.24) is 0 Å². The molecule has 0 amide bonds. The number of fused-ring (bicyclic) bond motifs is 3. The summed E-state index contributed by atoms with van der Waals surface area (Å²) in [6, 6.07) is 16.5. The lowest BCUT2D eigenvalue weighted by molar-refractivity contribution is 0.409. The van der Waals surface area contributed by atoms with Gasteiger partial charge in [-0.25, -0.2) is 0 Å². The third kappa shape index (κ3) is 3.21. The van der Waals surface area contributed by atoms with Gasteiger partial charge in [0, 0.05) is 10.8 Å². The van der Waals surface area contributed by atoms with E-state index in [0.29, 0.717) is 6.42 Å². The highest BCUT2D eigenvalue weighted by atomic mass is 32.2. The van der Waals surface area contributed by atoms with Gasteiger partial charge in [0.2, 0.25) is 0 Å². The summed E-state index contributed by atoms with van der Waals surface area (Å²) >= 11 is 0. The zero-order valence-corrected chi connectivity index (χ0v) is 16.5. The van der Waals surface area contributed by atoms with E-state index in [-0.39, 0.29) is 17.1 Å². The third-order valence-electron chi connectivity index (χ3n) is 5.83. The van der Waals surface area contributed by atoms with Crippen LogP contribution >= 0.6 is 0 Å². The summed E-state index contributed by atoms with van der Waals surface area (Å²) in [5, 5.41) is 9.79. The van der Waals surface area contributed by atoms with E-state index in [1.165, 1.54) is 16.7 Å². The van der Waals surface area contributed by atoms with Gasteiger partial charge in [0.25, 0.3) is 0 Å². The minimum atomic E-state index is -1.17. The van der Waals surface area contributed by atoms with Gasteiger partial charge in [-0.3, -0.25) is 4.21 Å². The van der Waals surface area contributed by atoms with Crippen LogP contribution in [0.15, 0.2) is 53.4 Å². The van der Waals surface area contributed by atoms with Crippen LogP contribution in [-0.2, 0) is 17.2 Å². The summed E-state index contributed by atoms with van der Waals surface area (Å²) in [5.74, 6) is 0.810. The van der Waals surface area contributed by atoms with Crippen molar-refractivity contribution in [3.63, 3.8) is 0 Å². The highest BCUT2D eigenvalue weighted by molar-refractivity contribution is 7.85. The molecule has 0 radical (unpaired) electrons. The Kier molecular flexibility index (Phi) is 4.88. The molecule has 0 N–H and O–H groups in total. The Labute approximate surface area is 163 Å². The van der Waals surface area contributed by atoms with Crippen molar-refractivity contribution in [2.75, 3.05) is 7.11 Å². The first-order valence-corrected chi connectivity index (χ1v) is 10.6. The molecule has 3 nitrogen and oxygen atoms in total. The molecular formula is C23H23NO2S. The van der Waals surface area contributed by atoms with Gasteiger partial charge in [0.05, 0.1) is 35.1 Å². The zero-order valence-electron chi connectivity index (χ0n) is 15.6. The van der Waals surface area contributed by atoms with E-state index in [4.69, 9.17) is 4.74 Å². The number of ether oxygens (including phenoxy) is 1. The Morgan fingerprint density at radius 3 is 2.67 bits per heavy atom. The standard InChI is InChI=1S/C23H23NO2S/c1-15-3-7-18(8-4-15)27(25)23-12-11-20-19-10-6-17(26-2)13-16(19)5-9-21(20)22(23)14-24/h3-4,6-8,10-11,13,21-23H,5,9,12H2,1-2H3/t21-,22-,23+,27?/m1/s1. The summed E-state index contributed by atoms with van der Waals surface area (Å²) in [6.07, 6.45) is 4.75. The monoisotopic (exact) mass is 377 g/mol. The highest BCUT2D eigenvalue weighted by Crippen LogP contribution is 2.46. The summed E-state index contributed by atoms with van der Waals surface area (Å²) in [7, 11) is 0.511. The van der Waals surface area contributed by atoms with E-state index >= 15 is 0 Å². The maximum atomic E-state index is 13.2. The lowest BCUT2D eigenvalue weighted by Gasteiger charge is -2.38. The number of hydrogen-bond donors (Lipinski definition) is 0. The summed E-state index contributed by atoms with van der Waals surface area (Å²) in [5.41, 5.74) is 4.92. The van der Waals surface area contributed by atoms with Crippen LogP contribution in [-0.4, -0.2) is 16.6 Å². The average molecular weight is 378 g/mol. The predicted octanol–water partition coefficient (Wildman–Crippen LogP) is 4.67. The van der Waals surface area contributed by atoms with Gasteiger partial charge in [0.1, 0.15) is 5.75 Å². The number of benzene rings is 2. The Balaban J connectivity index is 1.68. The molecule has 0 heterocycles. The van der Waals surface area contributed by atoms with Gasteiger partial charge in [-0.15, -0.1) is 0 Å². The number of aryl methyl sites for hydroxylation is 2. The van der Waals surface area contributed by atoms with Gasteiger partial charge in [0.15, 0.2) is 0 Å². The van der Waals surface area contributed by atoms with Crippen molar-refractivity contribution in [1.29, 1.82) is 5.26 Å². The lowest BCUT2D eigenvalue weighted by Crippen LogP contribution is -2.36. The molecule has 4 heteroatoms. The molecule has 0 aliphatic heterocycles. The van der Waals surface area contributed by atoms with Crippen molar-refractivity contribution in [3.8, 4) is 11.8 Å². The molecule has 27 heavy (non-hydrogen) atoms. The predicted molar refractivity (Wildman–Crippen MR) is 108 cm³/mol. The Hall–Kier alpha value is -2.38. The summed E-state index contributed by atoms with van der Waals surface area (Å²) < 4.78 is 18.6. The molecule has 0 fully saturated rings. The number of rotatable bonds is 3. The third-order valence-corrected chi connectivity index (χ3v) is 7.60. The first-order valence-electron chi connectivity index (χ1n) is 9.36. The van der Waals surface area contributed by atoms with E-state index in [1.54, 1.807) is 7.11 Å². The molecule has 0 bridgehead atoms. The average Bonchev–Trinajstić information content (AvgIpc) is 2.72. The van der Waals surface area contributed by atoms with Crippen LogP contribution in [0, 0.1) is 30.1 Å². The lowest BCUT2D eigenvalue weighted by atomic mass is 9.69. The van der Waals surface area contributed by atoms with Crippen molar-refractivity contribution in [3.05, 3.63) is 65.2 Å². The highest BCUT2D eigenvalue weighted by Gasteiger charge is 2.41. The Morgan fingerprint density at radius 2 is 1.96 bits per heavy atom. The van der Waals surface area contributed by atoms with E-state index in [9.17, 15) is 9.47 Å². The van der Waals surface area contributed by atoms with Crippen molar-refractivity contribution in [2.45, 2.75) is 36.3 Å². The second kappa shape index (κ2) is 7.32. The van der Waals surface area contributed by atoms with Gasteiger partial charge in [-0.2, -0.15) is 5.26 Å². The maximum absolute atomic E-state index is 13.2. The maximum Gasteiger partial charge on any atom is 0.119 e. The van der Waals surface area contributed by atoms with Crippen LogP contribution in [0.3, 0.4) is 0 Å². The molecule has 0 aromatic heterocycles. The molecular weight excluding hydrogens is 354 g/mol. The first-order chi connectivity index (χ1) is 13.1. The van der Waals surface area contributed by atoms with E-state index in [0.717, 1.165) is 29.1 Å². The fourth-order valence-corrected chi connectivity index (χ4v) is 5.92. The molecule has 2 aliphatic carbocycles. The van der Waals surface area contributed by atoms with Crippen LogP contribution in [0.1, 0.15) is 29.5 Å². The molecule has 4 rings (SSSR count). The Morgan fingerprint density at radius 1 is 1.19 bits per heavy atom. The molecule has 4 atom stereocenters. The quantitative estimate of drug-likeness (QED) is 0.781. The van der Waals surface area contributed by atoms with Crippen molar-refractivity contribution < 1.29 is 8.95 Å².